The lowest BCUT2D eigenvalue weighted by Gasteiger charge is -2.20. The molecule has 0 spiro atoms. The summed E-state index contributed by atoms with van der Waals surface area (Å²) in [5, 5.41) is 9.41. The van der Waals surface area contributed by atoms with Crippen LogP contribution < -0.4 is 11.1 Å². The number of H-pyrrole nitrogens is 1. The fraction of sp³-hybridized carbons (Fsp3) is 0.600. The Kier molecular flexibility index (Phi) is 3.09. The van der Waals surface area contributed by atoms with Crippen molar-refractivity contribution in [3.05, 3.63) is 5.69 Å². The molecule has 1 aliphatic heterocycles. The van der Waals surface area contributed by atoms with Crippen LogP contribution in [0.1, 0.15) is 18.5 Å². The molecular formula is C10H16N4O2. The van der Waals surface area contributed by atoms with E-state index < -0.39 is 0 Å². The Labute approximate surface area is 93.5 Å². The second-order valence-corrected chi connectivity index (χ2v) is 3.99. The normalized spacial score (nSPS) is 17.3. The monoisotopic (exact) mass is 224 g/mol. The first-order chi connectivity index (χ1) is 7.68. The number of nitrogens with one attached hydrogen (secondary N) is 2. The minimum absolute atomic E-state index is 0.00477. The summed E-state index contributed by atoms with van der Waals surface area (Å²) in [7, 11) is 0. The third-order valence-corrected chi connectivity index (χ3v) is 2.83. The maximum Gasteiger partial charge on any atom is 0.228 e. The Morgan fingerprint density at radius 2 is 2.25 bits per heavy atom. The van der Waals surface area contributed by atoms with Crippen LogP contribution in [0.2, 0.25) is 0 Å². The molecule has 0 radical (unpaired) electrons. The van der Waals surface area contributed by atoms with E-state index in [0.717, 1.165) is 18.5 Å². The van der Waals surface area contributed by atoms with E-state index >= 15 is 0 Å². The van der Waals surface area contributed by atoms with E-state index in [1.54, 1.807) is 0 Å². The lowest BCUT2D eigenvalue weighted by atomic mass is 9.99. The van der Waals surface area contributed by atoms with Crippen LogP contribution in [0.25, 0.3) is 0 Å². The minimum atomic E-state index is -0.0264. The molecule has 0 saturated carbocycles. The molecule has 1 fully saturated rings. The van der Waals surface area contributed by atoms with Gasteiger partial charge in [0.2, 0.25) is 5.91 Å². The van der Waals surface area contributed by atoms with Crippen LogP contribution in [0, 0.1) is 12.8 Å². The number of carbonyl (C=O) groups is 1. The quantitative estimate of drug-likeness (QED) is 0.688. The average Bonchev–Trinajstić information content (AvgIpc) is 2.62. The highest BCUT2D eigenvalue weighted by molar-refractivity contribution is 5.94. The molecule has 6 heteroatoms. The smallest absolute Gasteiger partial charge is 0.228 e. The molecule has 1 aromatic heterocycles. The van der Waals surface area contributed by atoms with Gasteiger partial charge < -0.3 is 15.8 Å². The highest BCUT2D eigenvalue weighted by atomic mass is 16.5. The van der Waals surface area contributed by atoms with Gasteiger partial charge in [0.1, 0.15) is 0 Å². The number of aryl methyl sites for hydroxylation is 1. The van der Waals surface area contributed by atoms with E-state index in [-0.39, 0.29) is 11.8 Å². The lowest BCUT2D eigenvalue weighted by Crippen LogP contribution is -2.28. The summed E-state index contributed by atoms with van der Waals surface area (Å²) in [5.74, 6) is 0.403. The summed E-state index contributed by atoms with van der Waals surface area (Å²) >= 11 is 0. The van der Waals surface area contributed by atoms with Crippen LogP contribution in [-0.2, 0) is 9.53 Å². The van der Waals surface area contributed by atoms with Gasteiger partial charge in [-0.15, -0.1) is 0 Å². The molecule has 1 amide bonds. The van der Waals surface area contributed by atoms with Crippen molar-refractivity contribution in [3.8, 4) is 0 Å². The summed E-state index contributed by atoms with van der Waals surface area (Å²) < 4.78 is 5.20. The fourth-order valence-electron chi connectivity index (χ4n) is 1.71. The van der Waals surface area contributed by atoms with E-state index in [4.69, 9.17) is 10.5 Å². The van der Waals surface area contributed by atoms with Crippen LogP contribution in [0.5, 0.6) is 0 Å². The Hall–Kier alpha value is -1.56. The van der Waals surface area contributed by atoms with Crippen LogP contribution in [0.3, 0.4) is 0 Å². The Balaban J connectivity index is 1.98. The second-order valence-electron chi connectivity index (χ2n) is 3.99. The van der Waals surface area contributed by atoms with Gasteiger partial charge in [0.25, 0.3) is 0 Å². The summed E-state index contributed by atoms with van der Waals surface area (Å²) in [4.78, 5) is 11.9. The molecule has 16 heavy (non-hydrogen) atoms. The molecule has 2 heterocycles. The number of anilines is 2. The van der Waals surface area contributed by atoms with Crippen LogP contribution >= 0.6 is 0 Å². The van der Waals surface area contributed by atoms with Gasteiger partial charge in [-0.2, -0.15) is 5.10 Å². The lowest BCUT2D eigenvalue weighted by molar-refractivity contribution is -0.122. The maximum absolute atomic E-state index is 11.9. The number of rotatable bonds is 2. The fourth-order valence-corrected chi connectivity index (χ4v) is 1.71. The van der Waals surface area contributed by atoms with Gasteiger partial charge in [0.05, 0.1) is 11.4 Å². The van der Waals surface area contributed by atoms with Crippen molar-refractivity contribution in [1.29, 1.82) is 0 Å². The molecule has 0 aromatic carbocycles. The third kappa shape index (κ3) is 2.16. The van der Waals surface area contributed by atoms with Crippen LogP contribution in [0.15, 0.2) is 0 Å². The van der Waals surface area contributed by atoms with Gasteiger partial charge >= 0.3 is 0 Å². The van der Waals surface area contributed by atoms with Crippen molar-refractivity contribution in [2.45, 2.75) is 19.8 Å². The maximum atomic E-state index is 11.9. The topological polar surface area (TPSA) is 93.0 Å². The first-order valence-corrected chi connectivity index (χ1v) is 5.37. The number of nitrogen functional groups attached to an aromatic ring is 1. The molecule has 0 aliphatic carbocycles. The van der Waals surface area contributed by atoms with Gasteiger partial charge in [-0.25, -0.2) is 0 Å². The number of nitrogens with two attached hydrogens (primary N) is 1. The summed E-state index contributed by atoms with van der Waals surface area (Å²) in [6.07, 6.45) is 1.52. The minimum Gasteiger partial charge on any atom is -0.394 e. The van der Waals surface area contributed by atoms with Gasteiger partial charge in [-0.1, -0.05) is 0 Å². The number of nitrogens with zero attached hydrogens (tertiary/aromatic N) is 1. The zero-order valence-electron chi connectivity index (χ0n) is 9.25. The summed E-state index contributed by atoms with van der Waals surface area (Å²) in [6, 6.07) is 0. The molecule has 0 bridgehead atoms. The molecule has 0 atom stereocenters. The first-order valence-electron chi connectivity index (χ1n) is 5.37. The Morgan fingerprint density at radius 3 is 2.81 bits per heavy atom. The molecular weight excluding hydrogens is 208 g/mol. The number of aromatic nitrogens is 2. The van der Waals surface area contributed by atoms with Crippen molar-refractivity contribution < 1.29 is 9.53 Å². The Morgan fingerprint density at radius 1 is 1.56 bits per heavy atom. The Bertz CT molecular complexity index is 382. The SMILES string of the molecule is Cc1[nH]nc(NC(=O)C2CCOCC2)c1N. The summed E-state index contributed by atoms with van der Waals surface area (Å²) in [6.45, 7) is 3.10. The zero-order valence-corrected chi connectivity index (χ0v) is 9.25. The van der Waals surface area contributed by atoms with Crippen molar-refractivity contribution in [3.63, 3.8) is 0 Å². The predicted octanol–water partition coefficient (Wildman–Crippen LogP) is 0.665. The number of hydrogen-bond donors (Lipinski definition) is 3. The van der Waals surface area contributed by atoms with Gasteiger partial charge in [0.15, 0.2) is 5.82 Å². The molecule has 2 rings (SSSR count). The number of hydrogen-bond acceptors (Lipinski definition) is 4. The van der Waals surface area contributed by atoms with E-state index in [0.29, 0.717) is 24.7 Å². The van der Waals surface area contributed by atoms with Crippen molar-refractivity contribution in [2.24, 2.45) is 5.92 Å². The second kappa shape index (κ2) is 4.52. The van der Waals surface area contributed by atoms with E-state index in [1.165, 1.54) is 0 Å². The third-order valence-electron chi connectivity index (χ3n) is 2.83. The zero-order chi connectivity index (χ0) is 11.5. The number of ether oxygens (including phenoxy) is 1. The van der Waals surface area contributed by atoms with Crippen LogP contribution in [-0.4, -0.2) is 29.3 Å². The van der Waals surface area contributed by atoms with Crippen molar-refractivity contribution >= 4 is 17.4 Å². The molecule has 0 unspecified atom stereocenters. The number of carbonyl (C=O) groups excluding carboxylic acids is 1. The molecule has 4 N–H and O–H groups in total. The standard InChI is InChI=1S/C10H16N4O2/c1-6-8(11)9(14-13-6)12-10(15)7-2-4-16-5-3-7/h7H,2-5,11H2,1H3,(H2,12,13,14,15). The van der Waals surface area contributed by atoms with E-state index in [1.807, 2.05) is 6.92 Å². The van der Waals surface area contributed by atoms with E-state index in [2.05, 4.69) is 15.5 Å². The molecule has 1 saturated heterocycles. The van der Waals surface area contributed by atoms with Crippen LogP contribution in [0.4, 0.5) is 11.5 Å². The molecule has 88 valence electrons. The molecule has 1 aromatic rings. The van der Waals surface area contributed by atoms with Gasteiger partial charge in [0, 0.05) is 19.1 Å². The van der Waals surface area contributed by atoms with E-state index in [9.17, 15) is 4.79 Å². The number of aromatic amines is 1. The first kappa shape index (κ1) is 10.9. The molecule has 1 aliphatic rings. The number of amides is 1. The average molecular weight is 224 g/mol. The molecule has 6 nitrogen and oxygen atoms in total. The predicted molar refractivity (Wildman–Crippen MR) is 59.9 cm³/mol. The van der Waals surface area contributed by atoms with Gasteiger partial charge in [-0.3, -0.25) is 9.89 Å². The summed E-state index contributed by atoms with van der Waals surface area (Å²) in [5.41, 5.74) is 7.01. The van der Waals surface area contributed by atoms with Crippen molar-refractivity contribution in [2.75, 3.05) is 24.3 Å². The van der Waals surface area contributed by atoms with Crippen molar-refractivity contribution in [1.82, 2.24) is 10.2 Å². The largest absolute Gasteiger partial charge is 0.394 e. The van der Waals surface area contributed by atoms with Gasteiger partial charge in [-0.05, 0) is 19.8 Å². The highest BCUT2D eigenvalue weighted by Crippen LogP contribution is 2.21. The highest BCUT2D eigenvalue weighted by Gasteiger charge is 2.22.